The van der Waals surface area contributed by atoms with Crippen molar-refractivity contribution in [1.29, 1.82) is 0 Å². The maximum Gasteiger partial charge on any atom is 0.236 e. The quantitative estimate of drug-likeness (QED) is 0.359. The van der Waals surface area contributed by atoms with Gasteiger partial charge in [0.15, 0.2) is 17.1 Å². The van der Waals surface area contributed by atoms with Gasteiger partial charge < -0.3 is 10.1 Å². The summed E-state index contributed by atoms with van der Waals surface area (Å²) in [6, 6.07) is 9.29. The summed E-state index contributed by atoms with van der Waals surface area (Å²) in [5, 5.41) is 12.4. The van der Waals surface area contributed by atoms with E-state index >= 15 is 0 Å². The van der Waals surface area contributed by atoms with Crippen LogP contribution >= 0.6 is 23.4 Å². The fraction of sp³-hybridized carbons (Fsp3) is 0.273. The van der Waals surface area contributed by atoms with Crippen molar-refractivity contribution in [3.63, 3.8) is 0 Å². The Morgan fingerprint density at radius 1 is 1.29 bits per heavy atom. The molecule has 0 aliphatic rings. The summed E-state index contributed by atoms with van der Waals surface area (Å²) >= 11 is 7.10. The Morgan fingerprint density at radius 3 is 2.77 bits per heavy atom. The average molecular weight is 458 g/mol. The lowest BCUT2D eigenvalue weighted by molar-refractivity contribution is -0.113. The first kappa shape index (κ1) is 22.8. The number of rotatable bonds is 9. The SMILES string of the molecule is C=CCn1c(SCC(=O)Nc2ccc(Cl)cn2)nnc1C(C)Oc1ccc(C)c(C)c1. The van der Waals surface area contributed by atoms with Crippen molar-refractivity contribution in [3.8, 4) is 5.75 Å². The van der Waals surface area contributed by atoms with Gasteiger partial charge in [0.1, 0.15) is 11.6 Å². The van der Waals surface area contributed by atoms with Crippen LogP contribution in [-0.2, 0) is 11.3 Å². The molecule has 1 unspecified atom stereocenters. The van der Waals surface area contributed by atoms with E-state index in [0.717, 1.165) is 11.3 Å². The molecule has 0 aliphatic heterocycles. The molecule has 9 heteroatoms. The molecule has 0 aliphatic carbocycles. The van der Waals surface area contributed by atoms with Crippen LogP contribution in [0.25, 0.3) is 0 Å². The van der Waals surface area contributed by atoms with Crippen LogP contribution in [-0.4, -0.2) is 31.4 Å². The number of allylic oxidation sites excluding steroid dienone is 1. The van der Waals surface area contributed by atoms with Crippen LogP contribution in [0, 0.1) is 13.8 Å². The van der Waals surface area contributed by atoms with E-state index < -0.39 is 0 Å². The molecule has 0 bridgehead atoms. The second-order valence-corrected chi connectivity index (χ2v) is 8.32. The molecule has 0 saturated carbocycles. The molecular weight excluding hydrogens is 434 g/mol. The number of nitrogens with one attached hydrogen (secondary N) is 1. The van der Waals surface area contributed by atoms with Crippen molar-refractivity contribution in [2.45, 2.75) is 38.6 Å². The summed E-state index contributed by atoms with van der Waals surface area (Å²) in [6.45, 7) is 10.4. The standard InChI is InChI=1S/C22H24ClN5O2S/c1-5-10-28-21(16(4)30-18-8-6-14(2)15(3)11-18)26-27-22(28)31-13-20(29)25-19-9-7-17(23)12-24-19/h5-9,11-12,16H,1,10,13H2,2-4H3,(H,24,25,29). The van der Waals surface area contributed by atoms with Crippen LogP contribution < -0.4 is 10.1 Å². The van der Waals surface area contributed by atoms with Crippen molar-refractivity contribution in [2.24, 2.45) is 0 Å². The lowest BCUT2D eigenvalue weighted by Crippen LogP contribution is -2.16. The van der Waals surface area contributed by atoms with Gasteiger partial charge in [0.05, 0.1) is 10.8 Å². The zero-order valence-electron chi connectivity index (χ0n) is 17.6. The number of benzene rings is 1. The zero-order chi connectivity index (χ0) is 22.4. The first-order chi connectivity index (χ1) is 14.9. The van der Waals surface area contributed by atoms with Gasteiger partial charge in [-0.05, 0) is 56.2 Å². The van der Waals surface area contributed by atoms with Gasteiger partial charge >= 0.3 is 0 Å². The third kappa shape index (κ3) is 6.08. The molecule has 7 nitrogen and oxygen atoms in total. The Bertz CT molecular complexity index is 1070. The highest BCUT2D eigenvalue weighted by Gasteiger charge is 2.20. The predicted molar refractivity (Wildman–Crippen MR) is 124 cm³/mol. The Kier molecular flexibility index (Phi) is 7.70. The summed E-state index contributed by atoms with van der Waals surface area (Å²) < 4.78 is 7.99. The lowest BCUT2D eigenvalue weighted by Gasteiger charge is -2.16. The predicted octanol–water partition coefficient (Wildman–Crippen LogP) is 5.00. The zero-order valence-corrected chi connectivity index (χ0v) is 19.2. The monoisotopic (exact) mass is 457 g/mol. The van der Waals surface area contributed by atoms with Crippen molar-refractivity contribution < 1.29 is 9.53 Å². The molecule has 31 heavy (non-hydrogen) atoms. The van der Waals surface area contributed by atoms with E-state index in [1.165, 1.54) is 23.5 Å². The minimum atomic E-state index is -0.323. The van der Waals surface area contributed by atoms with E-state index in [-0.39, 0.29) is 17.8 Å². The number of carbonyl (C=O) groups excluding carboxylic acids is 1. The second kappa shape index (κ2) is 10.5. The highest BCUT2D eigenvalue weighted by atomic mass is 35.5. The van der Waals surface area contributed by atoms with Crippen molar-refractivity contribution in [2.75, 3.05) is 11.1 Å². The summed E-state index contributed by atoms with van der Waals surface area (Å²) in [6.07, 6.45) is 2.92. The number of hydrogen-bond donors (Lipinski definition) is 1. The fourth-order valence-corrected chi connectivity index (χ4v) is 3.68. The number of amides is 1. The van der Waals surface area contributed by atoms with Crippen molar-refractivity contribution >= 4 is 35.1 Å². The van der Waals surface area contributed by atoms with Crippen LogP contribution in [0.15, 0.2) is 54.3 Å². The first-order valence-electron chi connectivity index (χ1n) is 9.69. The molecular formula is C22H24ClN5O2S. The molecule has 0 radical (unpaired) electrons. The van der Waals surface area contributed by atoms with E-state index in [9.17, 15) is 4.79 Å². The maximum atomic E-state index is 12.3. The first-order valence-corrected chi connectivity index (χ1v) is 11.1. The Labute approximate surface area is 190 Å². The average Bonchev–Trinajstić information content (AvgIpc) is 3.14. The highest BCUT2D eigenvalue weighted by molar-refractivity contribution is 7.99. The molecule has 1 aromatic carbocycles. The number of carbonyl (C=O) groups is 1. The van der Waals surface area contributed by atoms with Gasteiger partial charge in [-0.25, -0.2) is 4.98 Å². The number of pyridine rings is 1. The minimum absolute atomic E-state index is 0.159. The van der Waals surface area contributed by atoms with Gasteiger partial charge in [0, 0.05) is 12.7 Å². The topological polar surface area (TPSA) is 81.9 Å². The van der Waals surface area contributed by atoms with Crippen molar-refractivity contribution in [1.82, 2.24) is 19.7 Å². The number of anilines is 1. The number of thioether (sulfide) groups is 1. The van der Waals surface area contributed by atoms with Crippen LogP contribution in [0.3, 0.4) is 0 Å². The number of nitrogens with zero attached hydrogens (tertiary/aromatic N) is 4. The summed E-state index contributed by atoms with van der Waals surface area (Å²) in [7, 11) is 0. The summed E-state index contributed by atoms with van der Waals surface area (Å²) in [4.78, 5) is 16.3. The minimum Gasteiger partial charge on any atom is -0.483 e. The molecule has 0 saturated heterocycles. The second-order valence-electron chi connectivity index (χ2n) is 6.94. The largest absolute Gasteiger partial charge is 0.483 e. The van der Waals surface area contributed by atoms with E-state index in [2.05, 4.69) is 34.0 Å². The van der Waals surface area contributed by atoms with Crippen LogP contribution in [0.2, 0.25) is 5.02 Å². The molecule has 0 fully saturated rings. The molecule has 0 spiro atoms. The smallest absolute Gasteiger partial charge is 0.236 e. The molecule has 3 aromatic rings. The third-order valence-electron chi connectivity index (χ3n) is 4.54. The molecule has 1 atom stereocenters. The van der Waals surface area contributed by atoms with E-state index in [4.69, 9.17) is 16.3 Å². The molecule has 2 heterocycles. The molecule has 1 N–H and O–H groups in total. The van der Waals surface area contributed by atoms with Crippen LogP contribution in [0.5, 0.6) is 5.75 Å². The van der Waals surface area contributed by atoms with Gasteiger partial charge in [-0.15, -0.1) is 16.8 Å². The normalized spacial score (nSPS) is 11.7. The van der Waals surface area contributed by atoms with Gasteiger partial charge in [0.2, 0.25) is 5.91 Å². The van der Waals surface area contributed by atoms with Crippen LogP contribution in [0.1, 0.15) is 30.0 Å². The van der Waals surface area contributed by atoms with E-state index in [1.54, 1.807) is 18.2 Å². The Balaban J connectivity index is 1.67. The van der Waals surface area contributed by atoms with Gasteiger partial charge in [-0.2, -0.15) is 0 Å². The van der Waals surface area contributed by atoms with Crippen molar-refractivity contribution in [3.05, 3.63) is 71.2 Å². The van der Waals surface area contributed by atoms with E-state index in [0.29, 0.717) is 28.4 Å². The van der Waals surface area contributed by atoms with E-state index in [1.807, 2.05) is 36.6 Å². The summed E-state index contributed by atoms with van der Waals surface area (Å²) in [5.74, 6) is 1.84. The number of aromatic nitrogens is 4. The fourth-order valence-electron chi connectivity index (χ4n) is 2.81. The number of ether oxygens (including phenoxy) is 1. The van der Waals surface area contributed by atoms with Crippen LogP contribution in [0.4, 0.5) is 5.82 Å². The van der Waals surface area contributed by atoms with Gasteiger partial charge in [-0.1, -0.05) is 35.5 Å². The summed E-state index contributed by atoms with van der Waals surface area (Å²) in [5.41, 5.74) is 2.37. The Morgan fingerprint density at radius 2 is 2.10 bits per heavy atom. The number of aryl methyl sites for hydroxylation is 2. The maximum absolute atomic E-state index is 12.3. The molecule has 3 rings (SSSR count). The molecule has 162 valence electrons. The lowest BCUT2D eigenvalue weighted by atomic mass is 10.1. The van der Waals surface area contributed by atoms with Gasteiger partial charge in [-0.3, -0.25) is 9.36 Å². The molecule has 2 aromatic heterocycles. The molecule has 1 amide bonds. The number of hydrogen-bond acceptors (Lipinski definition) is 6. The highest BCUT2D eigenvalue weighted by Crippen LogP contribution is 2.26. The Hall–Kier alpha value is -2.84. The number of halogens is 1. The third-order valence-corrected chi connectivity index (χ3v) is 5.73. The van der Waals surface area contributed by atoms with Gasteiger partial charge in [0.25, 0.3) is 0 Å².